The number of amides is 2. The van der Waals surface area contributed by atoms with Crippen molar-refractivity contribution in [2.24, 2.45) is 0 Å². The number of piperazine rings is 1. The highest BCUT2D eigenvalue weighted by atomic mass is 16.5. The normalized spacial score (nSPS) is 21.1. The average Bonchev–Trinajstić information content (AvgIpc) is 3.32. The molecule has 2 aliphatic rings. The molecule has 2 aliphatic heterocycles. The molecule has 0 aliphatic carbocycles. The Morgan fingerprint density at radius 3 is 2.46 bits per heavy atom. The SMILES string of the molecule is COc1cccc(C2CN3C(=O)CN(Cc4ccccc4)C(=O)[C@]3(C)c3[nH]c4ccccc4c32)c1OC. The van der Waals surface area contributed by atoms with Crippen LogP contribution in [0.4, 0.5) is 0 Å². The van der Waals surface area contributed by atoms with Gasteiger partial charge in [0.25, 0.3) is 5.91 Å². The molecule has 3 aromatic carbocycles. The van der Waals surface area contributed by atoms with E-state index in [0.29, 0.717) is 24.6 Å². The quantitative estimate of drug-likeness (QED) is 0.445. The van der Waals surface area contributed by atoms with Gasteiger partial charge in [-0.15, -0.1) is 0 Å². The van der Waals surface area contributed by atoms with Crippen LogP contribution in [0, 0.1) is 0 Å². The number of fused-ring (bicyclic) bond motifs is 5. The predicted octanol–water partition coefficient (Wildman–Crippen LogP) is 4.42. The lowest BCUT2D eigenvalue weighted by Crippen LogP contribution is -2.67. The van der Waals surface area contributed by atoms with Crippen LogP contribution in [0.2, 0.25) is 0 Å². The third-order valence-corrected chi connectivity index (χ3v) is 7.84. The molecule has 37 heavy (non-hydrogen) atoms. The summed E-state index contributed by atoms with van der Waals surface area (Å²) in [5, 5.41) is 1.04. The molecule has 1 fully saturated rings. The van der Waals surface area contributed by atoms with Crippen LogP contribution < -0.4 is 9.47 Å². The first-order valence-corrected chi connectivity index (χ1v) is 12.4. The van der Waals surface area contributed by atoms with E-state index in [1.54, 1.807) is 24.0 Å². The second-order valence-electron chi connectivity index (χ2n) is 9.82. The van der Waals surface area contributed by atoms with Gasteiger partial charge in [0.05, 0.1) is 19.9 Å². The highest BCUT2D eigenvalue weighted by Crippen LogP contribution is 2.50. The number of carbonyl (C=O) groups is 2. The second kappa shape index (κ2) is 8.69. The number of carbonyl (C=O) groups excluding carboxylic acids is 2. The van der Waals surface area contributed by atoms with Crippen molar-refractivity contribution in [3.63, 3.8) is 0 Å². The second-order valence-corrected chi connectivity index (χ2v) is 9.82. The molecule has 3 heterocycles. The fourth-order valence-electron chi connectivity index (χ4n) is 6.07. The summed E-state index contributed by atoms with van der Waals surface area (Å²) >= 11 is 0. The molecule has 0 spiro atoms. The number of rotatable bonds is 5. The summed E-state index contributed by atoms with van der Waals surface area (Å²) in [7, 11) is 3.24. The molecule has 7 nitrogen and oxygen atoms in total. The summed E-state index contributed by atoms with van der Waals surface area (Å²) in [6.45, 7) is 2.66. The maximum absolute atomic E-state index is 14.2. The van der Waals surface area contributed by atoms with E-state index in [2.05, 4.69) is 11.1 Å². The number of methoxy groups -OCH3 is 2. The number of H-pyrrole nitrogens is 1. The van der Waals surface area contributed by atoms with Gasteiger partial charge in [0.2, 0.25) is 5.91 Å². The van der Waals surface area contributed by atoms with E-state index in [1.165, 1.54) is 0 Å². The van der Waals surface area contributed by atoms with E-state index >= 15 is 0 Å². The fraction of sp³-hybridized carbons (Fsp3) is 0.267. The molecule has 0 bridgehead atoms. The van der Waals surface area contributed by atoms with Gasteiger partial charge in [0.1, 0.15) is 6.54 Å². The maximum atomic E-state index is 14.2. The van der Waals surface area contributed by atoms with E-state index < -0.39 is 5.54 Å². The minimum Gasteiger partial charge on any atom is -0.493 e. The van der Waals surface area contributed by atoms with Gasteiger partial charge >= 0.3 is 0 Å². The molecule has 1 N–H and O–H groups in total. The minimum absolute atomic E-state index is 0.0425. The Morgan fingerprint density at radius 1 is 0.946 bits per heavy atom. The molecular formula is C30H29N3O4. The Bertz CT molecular complexity index is 1510. The van der Waals surface area contributed by atoms with Gasteiger partial charge in [-0.05, 0) is 30.2 Å². The van der Waals surface area contributed by atoms with Gasteiger partial charge in [-0.1, -0.05) is 60.7 Å². The lowest BCUT2D eigenvalue weighted by Gasteiger charge is -2.51. The predicted molar refractivity (Wildman–Crippen MR) is 141 cm³/mol. The zero-order valence-electron chi connectivity index (χ0n) is 21.2. The summed E-state index contributed by atoms with van der Waals surface area (Å²) in [5.74, 6) is 0.900. The summed E-state index contributed by atoms with van der Waals surface area (Å²) in [6.07, 6.45) is 0. The first-order valence-electron chi connectivity index (χ1n) is 12.4. The van der Waals surface area contributed by atoms with Gasteiger partial charge < -0.3 is 24.3 Å². The van der Waals surface area contributed by atoms with E-state index in [4.69, 9.17) is 9.47 Å². The Kier molecular flexibility index (Phi) is 5.44. The number of benzene rings is 3. The van der Waals surface area contributed by atoms with Crippen LogP contribution in [0.5, 0.6) is 11.5 Å². The lowest BCUT2D eigenvalue weighted by molar-refractivity contribution is -0.166. The number of nitrogens with zero attached hydrogens (tertiary/aromatic N) is 2. The number of nitrogens with one attached hydrogen (secondary N) is 1. The molecule has 0 radical (unpaired) electrons. The van der Waals surface area contributed by atoms with E-state index in [1.807, 2.05) is 73.7 Å². The minimum atomic E-state index is -1.15. The Morgan fingerprint density at radius 2 is 1.70 bits per heavy atom. The highest BCUT2D eigenvalue weighted by molar-refractivity contribution is 6.01. The van der Waals surface area contributed by atoms with Gasteiger partial charge in [-0.3, -0.25) is 9.59 Å². The number of ether oxygens (including phenoxy) is 2. The van der Waals surface area contributed by atoms with Crippen LogP contribution in [-0.4, -0.2) is 53.9 Å². The number of aromatic nitrogens is 1. The maximum Gasteiger partial charge on any atom is 0.255 e. The van der Waals surface area contributed by atoms with E-state index in [-0.39, 0.29) is 24.3 Å². The molecule has 1 saturated heterocycles. The topological polar surface area (TPSA) is 74.9 Å². The molecule has 1 unspecified atom stereocenters. The molecule has 6 rings (SSSR count). The summed E-state index contributed by atoms with van der Waals surface area (Å²) in [5.41, 5.74) is 3.47. The number of para-hydroxylation sites is 2. The fourth-order valence-corrected chi connectivity index (χ4v) is 6.07. The average molecular weight is 496 g/mol. The molecule has 4 aromatic rings. The van der Waals surface area contributed by atoms with Crippen LogP contribution in [0.25, 0.3) is 10.9 Å². The van der Waals surface area contributed by atoms with Crippen molar-refractivity contribution in [3.05, 3.63) is 95.2 Å². The Balaban J connectivity index is 1.54. The van der Waals surface area contributed by atoms with Gasteiger partial charge in [0, 0.05) is 35.5 Å². The number of hydrogen-bond acceptors (Lipinski definition) is 4. The van der Waals surface area contributed by atoms with Crippen LogP contribution in [0.3, 0.4) is 0 Å². The first-order chi connectivity index (χ1) is 18.0. The first kappa shape index (κ1) is 23.2. The molecule has 2 atom stereocenters. The van der Waals surface area contributed by atoms with E-state index in [0.717, 1.165) is 33.3 Å². The van der Waals surface area contributed by atoms with Crippen molar-refractivity contribution in [2.75, 3.05) is 27.3 Å². The standard InChI is InChI=1S/C30H29N3O4/c1-30-28-26(21-12-7-8-14-23(21)31-28)22(20-13-9-15-24(36-2)27(20)37-3)17-33(30)25(34)18-32(29(30)35)16-19-10-5-4-6-11-19/h4-15,22,31H,16-18H2,1-3H3/t22?,30-/m0/s1. The monoisotopic (exact) mass is 495 g/mol. The van der Waals surface area contributed by atoms with E-state index in [9.17, 15) is 9.59 Å². The van der Waals surface area contributed by atoms with Crippen molar-refractivity contribution in [3.8, 4) is 11.5 Å². The van der Waals surface area contributed by atoms with Crippen LogP contribution in [0.1, 0.15) is 35.2 Å². The third kappa shape index (κ3) is 3.41. The number of hydrogen-bond donors (Lipinski definition) is 1. The molecule has 188 valence electrons. The zero-order valence-corrected chi connectivity index (χ0v) is 21.2. The van der Waals surface area contributed by atoms with Crippen molar-refractivity contribution < 1.29 is 19.1 Å². The van der Waals surface area contributed by atoms with Crippen molar-refractivity contribution >= 4 is 22.7 Å². The van der Waals surface area contributed by atoms with Crippen LogP contribution in [-0.2, 0) is 21.7 Å². The van der Waals surface area contributed by atoms with Crippen molar-refractivity contribution in [1.29, 1.82) is 0 Å². The highest BCUT2D eigenvalue weighted by Gasteiger charge is 2.56. The third-order valence-electron chi connectivity index (χ3n) is 7.84. The summed E-state index contributed by atoms with van der Waals surface area (Å²) in [6, 6.07) is 23.7. The van der Waals surface area contributed by atoms with Crippen molar-refractivity contribution in [2.45, 2.75) is 24.9 Å². The summed E-state index contributed by atoms with van der Waals surface area (Å²) < 4.78 is 11.4. The molecule has 1 aromatic heterocycles. The largest absolute Gasteiger partial charge is 0.493 e. The summed E-state index contributed by atoms with van der Waals surface area (Å²) in [4.78, 5) is 34.9. The van der Waals surface area contributed by atoms with Gasteiger partial charge in [-0.2, -0.15) is 0 Å². The van der Waals surface area contributed by atoms with Crippen LogP contribution >= 0.6 is 0 Å². The van der Waals surface area contributed by atoms with Gasteiger partial charge in [0.15, 0.2) is 17.0 Å². The molecule has 7 heteroatoms. The molecule has 0 saturated carbocycles. The number of aromatic amines is 1. The Hall–Kier alpha value is -4.26. The van der Waals surface area contributed by atoms with Crippen molar-refractivity contribution in [1.82, 2.24) is 14.8 Å². The lowest BCUT2D eigenvalue weighted by atomic mass is 9.76. The Labute approximate surface area is 215 Å². The molecular weight excluding hydrogens is 466 g/mol. The smallest absolute Gasteiger partial charge is 0.255 e. The molecule has 2 amide bonds. The van der Waals surface area contributed by atoms with Crippen LogP contribution in [0.15, 0.2) is 72.8 Å². The zero-order chi connectivity index (χ0) is 25.7. The van der Waals surface area contributed by atoms with Gasteiger partial charge in [-0.25, -0.2) is 0 Å².